The topological polar surface area (TPSA) is 66.0 Å². The smallest absolute Gasteiger partial charge is 0.338 e. The number of fused-ring (bicyclic) bond motifs is 4. The van der Waals surface area contributed by atoms with Crippen LogP contribution in [0.4, 0.5) is 11.4 Å². The summed E-state index contributed by atoms with van der Waals surface area (Å²) >= 11 is 0. The Kier molecular flexibility index (Phi) is 4.41. The van der Waals surface area contributed by atoms with Gasteiger partial charge in [-0.05, 0) is 87.0 Å². The summed E-state index contributed by atoms with van der Waals surface area (Å²) in [5, 5.41) is 3.46. The predicted octanol–water partition coefficient (Wildman–Crippen LogP) is 5.13. The van der Waals surface area contributed by atoms with Gasteiger partial charge in [-0.25, -0.2) is 4.79 Å². The Morgan fingerprint density at radius 1 is 0.971 bits per heavy atom. The highest BCUT2D eigenvalue weighted by Crippen LogP contribution is 2.60. The minimum atomic E-state index is -1.18. The lowest BCUT2D eigenvalue weighted by Gasteiger charge is -2.59. The molecule has 4 saturated carbocycles. The van der Waals surface area contributed by atoms with Crippen molar-refractivity contribution in [2.45, 2.75) is 56.5 Å². The molecule has 2 aromatic rings. The minimum absolute atomic E-state index is 0.153. The van der Waals surface area contributed by atoms with Gasteiger partial charge >= 0.3 is 5.97 Å². The molecule has 0 radical (unpaired) electrons. The molecule has 178 valence electrons. The number of para-hydroxylation sites is 1. The quantitative estimate of drug-likeness (QED) is 0.640. The van der Waals surface area contributed by atoms with Gasteiger partial charge in [0.25, 0.3) is 0 Å². The van der Waals surface area contributed by atoms with E-state index in [1.807, 2.05) is 42.5 Å². The van der Waals surface area contributed by atoms with E-state index in [9.17, 15) is 4.79 Å². The maximum Gasteiger partial charge on any atom is 0.338 e. The van der Waals surface area contributed by atoms with Gasteiger partial charge in [-0.1, -0.05) is 18.2 Å². The van der Waals surface area contributed by atoms with Gasteiger partial charge in [0, 0.05) is 22.5 Å². The average Bonchev–Trinajstić information content (AvgIpc) is 3.29. The van der Waals surface area contributed by atoms with Crippen LogP contribution in [0.25, 0.3) is 0 Å². The highest BCUT2D eigenvalue weighted by molar-refractivity contribution is 5.78. The summed E-state index contributed by atoms with van der Waals surface area (Å²) in [4.78, 5) is 13.5. The second kappa shape index (κ2) is 7.22. The van der Waals surface area contributed by atoms with Crippen LogP contribution >= 0.6 is 0 Å². The maximum absolute atomic E-state index is 13.5. The number of hydrogen-bond acceptors (Lipinski definition) is 6. The summed E-state index contributed by atoms with van der Waals surface area (Å²) in [6.07, 6.45) is 5.35. The van der Waals surface area contributed by atoms with Crippen LogP contribution in [0.15, 0.2) is 42.5 Å². The lowest BCUT2D eigenvalue weighted by atomic mass is 9.50. The number of esters is 1. The van der Waals surface area contributed by atoms with Crippen molar-refractivity contribution in [2.75, 3.05) is 19.0 Å². The van der Waals surface area contributed by atoms with E-state index >= 15 is 0 Å². The Morgan fingerprint density at radius 2 is 1.68 bits per heavy atom. The average molecular weight is 462 g/mol. The first-order valence-corrected chi connectivity index (χ1v) is 12.6. The number of carbonyl (C=O) groups excluding carboxylic acids is 1. The van der Waals surface area contributed by atoms with E-state index in [4.69, 9.17) is 18.9 Å². The Labute approximate surface area is 199 Å². The molecular weight excluding hydrogens is 430 g/mol. The molecule has 8 rings (SSSR count). The van der Waals surface area contributed by atoms with Crippen molar-refractivity contribution >= 4 is 17.3 Å². The van der Waals surface area contributed by atoms with Crippen LogP contribution in [-0.2, 0) is 24.8 Å². The molecule has 0 amide bonds. The number of hydrogen-bond donors (Lipinski definition) is 1. The maximum atomic E-state index is 13.5. The third-order valence-electron chi connectivity index (χ3n) is 9.22. The number of methoxy groups -OCH3 is 1. The fraction of sp³-hybridized carbons (Fsp3) is 0.536. The second-order valence-corrected chi connectivity index (χ2v) is 11.0. The fourth-order valence-corrected chi connectivity index (χ4v) is 7.63. The molecule has 1 N–H and O–H groups in total. The molecule has 2 aliphatic heterocycles. The lowest BCUT2D eigenvalue weighted by molar-refractivity contribution is -0.215. The first kappa shape index (κ1) is 20.8. The standard InChI is InChI=1S/C28H31NO5/c1-27(18-10-16-9-17(12-18)13-19(27)11-16)34-26(30)25-15-32-28(33-25)21-5-3-4-6-23(21)29-24-8-7-20(31-2)14-22(24)28/h3-8,14,16-19,25,29H,9-13,15H2,1-2H3. The van der Waals surface area contributed by atoms with Crippen molar-refractivity contribution in [3.8, 4) is 5.75 Å². The fourth-order valence-electron chi connectivity index (χ4n) is 7.63. The summed E-state index contributed by atoms with van der Waals surface area (Å²) in [5.74, 6) is 1.80. The molecule has 1 saturated heterocycles. The molecule has 2 atom stereocenters. The molecule has 34 heavy (non-hydrogen) atoms. The summed E-state index contributed by atoms with van der Waals surface area (Å²) < 4.78 is 24.8. The monoisotopic (exact) mass is 461 g/mol. The zero-order valence-electron chi connectivity index (χ0n) is 19.7. The van der Waals surface area contributed by atoms with E-state index in [-0.39, 0.29) is 12.6 Å². The third-order valence-corrected chi connectivity index (χ3v) is 9.22. The summed E-state index contributed by atoms with van der Waals surface area (Å²) in [6.45, 7) is 2.32. The van der Waals surface area contributed by atoms with Gasteiger partial charge in [0.1, 0.15) is 11.4 Å². The van der Waals surface area contributed by atoms with Gasteiger partial charge in [-0.3, -0.25) is 0 Å². The largest absolute Gasteiger partial charge is 0.497 e. The van der Waals surface area contributed by atoms with E-state index in [1.54, 1.807) is 7.11 Å². The van der Waals surface area contributed by atoms with Crippen LogP contribution in [0.5, 0.6) is 5.75 Å². The van der Waals surface area contributed by atoms with Gasteiger partial charge in [0.05, 0.1) is 13.7 Å². The van der Waals surface area contributed by atoms with Crippen molar-refractivity contribution in [2.24, 2.45) is 23.7 Å². The van der Waals surface area contributed by atoms with Crippen molar-refractivity contribution in [3.63, 3.8) is 0 Å². The normalized spacial score (nSPS) is 38.8. The van der Waals surface area contributed by atoms with Crippen LogP contribution in [0.1, 0.15) is 50.2 Å². The molecular formula is C28H31NO5. The molecule has 1 spiro atoms. The molecule has 4 bridgehead atoms. The van der Waals surface area contributed by atoms with Crippen LogP contribution in [0.3, 0.4) is 0 Å². The van der Waals surface area contributed by atoms with E-state index in [0.717, 1.165) is 34.3 Å². The Morgan fingerprint density at radius 3 is 2.41 bits per heavy atom. The summed E-state index contributed by atoms with van der Waals surface area (Å²) in [5.41, 5.74) is 3.05. The Balaban J connectivity index is 1.20. The molecule has 5 fully saturated rings. The molecule has 0 aromatic heterocycles. The first-order chi connectivity index (χ1) is 16.5. The molecule has 6 heteroatoms. The third kappa shape index (κ3) is 2.85. The molecule has 6 aliphatic rings. The number of rotatable bonds is 3. The van der Waals surface area contributed by atoms with Crippen molar-refractivity contribution in [3.05, 3.63) is 53.6 Å². The molecule has 4 aliphatic carbocycles. The van der Waals surface area contributed by atoms with Crippen molar-refractivity contribution < 1.29 is 23.7 Å². The van der Waals surface area contributed by atoms with Crippen molar-refractivity contribution in [1.29, 1.82) is 0 Å². The lowest BCUT2D eigenvalue weighted by Crippen LogP contribution is -2.58. The second-order valence-electron chi connectivity index (χ2n) is 11.0. The summed E-state index contributed by atoms with van der Waals surface area (Å²) in [6, 6.07) is 13.7. The number of benzene rings is 2. The zero-order chi connectivity index (χ0) is 23.1. The van der Waals surface area contributed by atoms with Gasteiger partial charge in [0.15, 0.2) is 6.10 Å². The number of anilines is 2. The highest BCUT2D eigenvalue weighted by Gasteiger charge is 2.59. The molecule has 2 heterocycles. The van der Waals surface area contributed by atoms with Crippen LogP contribution in [-0.4, -0.2) is 31.4 Å². The van der Waals surface area contributed by atoms with Gasteiger partial charge in [-0.15, -0.1) is 0 Å². The van der Waals surface area contributed by atoms with Crippen LogP contribution in [0.2, 0.25) is 0 Å². The van der Waals surface area contributed by atoms with Gasteiger partial charge in [0.2, 0.25) is 5.79 Å². The summed E-state index contributed by atoms with van der Waals surface area (Å²) in [7, 11) is 1.64. The SMILES string of the molecule is COc1ccc2c(c1)C1(OCC(C(=O)OC3(C)C4CC5CC(C4)CC3C5)O1)c1ccccc1N2. The van der Waals surface area contributed by atoms with E-state index in [2.05, 4.69) is 12.2 Å². The minimum Gasteiger partial charge on any atom is -0.497 e. The molecule has 6 nitrogen and oxygen atoms in total. The first-order valence-electron chi connectivity index (χ1n) is 12.6. The van der Waals surface area contributed by atoms with Crippen LogP contribution in [0, 0.1) is 23.7 Å². The Hall–Kier alpha value is -2.57. The number of ether oxygens (including phenoxy) is 4. The van der Waals surface area contributed by atoms with E-state index in [0.29, 0.717) is 17.6 Å². The van der Waals surface area contributed by atoms with Gasteiger partial charge in [-0.2, -0.15) is 0 Å². The number of carbonyl (C=O) groups is 1. The number of nitrogens with one attached hydrogen (secondary N) is 1. The molecule has 2 aromatic carbocycles. The highest BCUT2D eigenvalue weighted by atomic mass is 16.8. The van der Waals surface area contributed by atoms with Crippen molar-refractivity contribution in [1.82, 2.24) is 0 Å². The van der Waals surface area contributed by atoms with Gasteiger partial charge < -0.3 is 24.3 Å². The van der Waals surface area contributed by atoms with E-state index in [1.165, 1.54) is 32.1 Å². The van der Waals surface area contributed by atoms with E-state index < -0.39 is 17.5 Å². The van der Waals surface area contributed by atoms with Crippen LogP contribution < -0.4 is 10.1 Å². The zero-order valence-corrected chi connectivity index (χ0v) is 19.7. The Bertz CT molecular complexity index is 1130. The molecule has 2 unspecified atom stereocenters. The predicted molar refractivity (Wildman–Crippen MR) is 126 cm³/mol.